The molecule has 0 atom stereocenters. The summed E-state index contributed by atoms with van der Waals surface area (Å²) in [7, 11) is 0.165. The standard InChI is InChI=1S/C11H14F3N5O2S/c1-17-7-9(4-15-17)22(20,21)19(3)6-8-5-18(2)16-10(8)11(12,13)14/h4-5,7H,6H2,1-3H3. The molecule has 0 N–H and O–H groups in total. The van der Waals surface area contributed by atoms with E-state index < -0.39 is 28.4 Å². The summed E-state index contributed by atoms with van der Waals surface area (Å²) in [4.78, 5) is -0.0880. The lowest BCUT2D eigenvalue weighted by molar-refractivity contribution is -0.142. The maximum absolute atomic E-state index is 12.9. The van der Waals surface area contributed by atoms with Gasteiger partial charge in [-0.1, -0.05) is 0 Å². The summed E-state index contributed by atoms with van der Waals surface area (Å²) in [6, 6.07) is 0. The molecular weight excluding hydrogens is 323 g/mol. The zero-order valence-electron chi connectivity index (χ0n) is 12.0. The van der Waals surface area contributed by atoms with Gasteiger partial charge < -0.3 is 0 Å². The molecular formula is C11H14F3N5O2S. The van der Waals surface area contributed by atoms with Crippen molar-refractivity contribution in [1.29, 1.82) is 0 Å². The number of hydrogen-bond acceptors (Lipinski definition) is 4. The van der Waals surface area contributed by atoms with Gasteiger partial charge in [-0.3, -0.25) is 9.36 Å². The van der Waals surface area contributed by atoms with E-state index in [9.17, 15) is 21.6 Å². The lowest BCUT2D eigenvalue weighted by atomic mass is 10.2. The van der Waals surface area contributed by atoms with Gasteiger partial charge in [-0.2, -0.15) is 27.7 Å². The molecule has 0 bridgehead atoms. The summed E-state index contributed by atoms with van der Waals surface area (Å²) in [5, 5.41) is 7.10. The first-order chi connectivity index (χ1) is 10.0. The monoisotopic (exact) mass is 337 g/mol. The van der Waals surface area contributed by atoms with Gasteiger partial charge in [-0.05, 0) is 0 Å². The van der Waals surface area contributed by atoms with Crippen LogP contribution in [0.5, 0.6) is 0 Å². The van der Waals surface area contributed by atoms with E-state index in [2.05, 4.69) is 10.2 Å². The fourth-order valence-corrected chi connectivity index (χ4v) is 3.06. The summed E-state index contributed by atoms with van der Waals surface area (Å²) in [6.45, 7) is -0.445. The zero-order valence-corrected chi connectivity index (χ0v) is 12.9. The molecule has 0 amide bonds. The van der Waals surface area contributed by atoms with Gasteiger partial charge in [-0.25, -0.2) is 8.42 Å². The third-order valence-corrected chi connectivity index (χ3v) is 4.71. The van der Waals surface area contributed by atoms with Crippen LogP contribution >= 0.6 is 0 Å². The Balaban J connectivity index is 2.32. The molecule has 22 heavy (non-hydrogen) atoms. The van der Waals surface area contributed by atoms with E-state index in [-0.39, 0.29) is 10.5 Å². The molecule has 0 radical (unpaired) electrons. The van der Waals surface area contributed by atoms with Crippen LogP contribution in [0.1, 0.15) is 11.3 Å². The van der Waals surface area contributed by atoms with Crippen molar-refractivity contribution in [3.05, 3.63) is 29.8 Å². The summed E-state index contributed by atoms with van der Waals surface area (Å²) in [5.74, 6) is 0. The van der Waals surface area contributed by atoms with E-state index in [0.717, 1.165) is 21.4 Å². The molecule has 0 aliphatic rings. The lowest BCUT2D eigenvalue weighted by Crippen LogP contribution is -2.27. The maximum Gasteiger partial charge on any atom is 0.435 e. The zero-order chi connectivity index (χ0) is 16.7. The molecule has 2 rings (SSSR count). The van der Waals surface area contributed by atoms with Gasteiger partial charge >= 0.3 is 6.18 Å². The van der Waals surface area contributed by atoms with Crippen molar-refractivity contribution in [3.8, 4) is 0 Å². The number of sulfonamides is 1. The first kappa shape index (κ1) is 16.5. The minimum Gasteiger partial charge on any atom is -0.275 e. The van der Waals surface area contributed by atoms with Gasteiger partial charge in [0.05, 0.1) is 6.20 Å². The van der Waals surface area contributed by atoms with Crippen molar-refractivity contribution in [1.82, 2.24) is 23.9 Å². The molecule has 0 saturated carbocycles. The van der Waals surface area contributed by atoms with Crippen LogP contribution in [0.2, 0.25) is 0 Å². The number of hydrogen-bond donors (Lipinski definition) is 0. The number of nitrogens with zero attached hydrogens (tertiary/aromatic N) is 5. The molecule has 0 saturated heterocycles. The van der Waals surface area contributed by atoms with Gasteiger partial charge in [-0.15, -0.1) is 0 Å². The van der Waals surface area contributed by atoms with Gasteiger partial charge in [0.15, 0.2) is 5.69 Å². The molecule has 11 heteroatoms. The van der Waals surface area contributed by atoms with Crippen molar-refractivity contribution in [2.24, 2.45) is 14.1 Å². The minimum atomic E-state index is -4.64. The molecule has 0 aromatic carbocycles. The number of rotatable bonds is 4. The van der Waals surface area contributed by atoms with Crippen LogP contribution in [0, 0.1) is 0 Å². The third kappa shape index (κ3) is 3.14. The first-order valence-corrected chi connectivity index (χ1v) is 7.50. The molecule has 2 aromatic heterocycles. The minimum absolute atomic E-state index is 0.0880. The van der Waals surface area contributed by atoms with Crippen LogP contribution in [-0.4, -0.2) is 39.3 Å². The van der Waals surface area contributed by atoms with Gasteiger partial charge in [0, 0.05) is 45.6 Å². The van der Waals surface area contributed by atoms with Gasteiger partial charge in [0.25, 0.3) is 0 Å². The summed E-state index contributed by atoms with van der Waals surface area (Å²) in [6.07, 6.45) is -1.08. The summed E-state index contributed by atoms with van der Waals surface area (Å²) in [5.41, 5.74) is -1.31. The van der Waals surface area contributed by atoms with Gasteiger partial charge in [0.1, 0.15) is 4.90 Å². The fourth-order valence-electron chi connectivity index (χ4n) is 1.93. The maximum atomic E-state index is 12.9. The quantitative estimate of drug-likeness (QED) is 0.834. The van der Waals surface area contributed by atoms with E-state index >= 15 is 0 Å². The Morgan fingerprint density at radius 3 is 2.36 bits per heavy atom. The molecule has 0 unspecified atom stereocenters. The van der Waals surface area contributed by atoms with Crippen LogP contribution in [0.25, 0.3) is 0 Å². The third-order valence-electron chi connectivity index (χ3n) is 2.96. The van der Waals surface area contributed by atoms with Crippen molar-refractivity contribution in [2.75, 3.05) is 7.05 Å². The molecule has 7 nitrogen and oxygen atoms in total. The number of alkyl halides is 3. The number of halogens is 3. The Bertz CT molecular complexity index is 778. The molecule has 122 valence electrons. The number of aromatic nitrogens is 4. The second-order valence-corrected chi connectivity index (χ2v) is 6.83. The van der Waals surface area contributed by atoms with E-state index in [4.69, 9.17) is 0 Å². The second-order valence-electron chi connectivity index (χ2n) is 4.79. The molecule has 2 aromatic rings. The Hall–Kier alpha value is -1.88. The van der Waals surface area contributed by atoms with Crippen LogP contribution in [-0.2, 0) is 36.8 Å². The fraction of sp³-hybridized carbons (Fsp3) is 0.455. The van der Waals surface area contributed by atoms with E-state index in [1.54, 1.807) is 7.05 Å². The highest BCUT2D eigenvalue weighted by atomic mass is 32.2. The Kier molecular flexibility index (Phi) is 4.04. The van der Waals surface area contributed by atoms with Crippen molar-refractivity contribution >= 4 is 10.0 Å². The van der Waals surface area contributed by atoms with Crippen molar-refractivity contribution in [3.63, 3.8) is 0 Å². The molecule has 0 aliphatic carbocycles. The normalized spacial score (nSPS) is 13.0. The second kappa shape index (κ2) is 5.39. The van der Waals surface area contributed by atoms with Crippen LogP contribution < -0.4 is 0 Å². The van der Waals surface area contributed by atoms with Gasteiger partial charge in [0.2, 0.25) is 10.0 Å². The average molecular weight is 337 g/mol. The van der Waals surface area contributed by atoms with E-state index in [1.807, 2.05) is 0 Å². The largest absolute Gasteiger partial charge is 0.435 e. The summed E-state index contributed by atoms with van der Waals surface area (Å²) >= 11 is 0. The van der Waals surface area contributed by atoms with Crippen molar-refractivity contribution in [2.45, 2.75) is 17.6 Å². The molecule has 0 aliphatic heterocycles. The molecule has 0 fully saturated rings. The average Bonchev–Trinajstić information content (AvgIpc) is 2.95. The highest BCUT2D eigenvalue weighted by molar-refractivity contribution is 7.89. The number of aryl methyl sites for hydroxylation is 2. The molecule has 2 heterocycles. The predicted octanol–water partition coefficient (Wildman–Crippen LogP) is 0.993. The Labute approximate surface area is 125 Å². The van der Waals surface area contributed by atoms with E-state index in [1.165, 1.54) is 25.0 Å². The first-order valence-electron chi connectivity index (χ1n) is 6.06. The predicted molar refractivity (Wildman–Crippen MR) is 70.1 cm³/mol. The van der Waals surface area contributed by atoms with Crippen LogP contribution in [0.4, 0.5) is 13.2 Å². The Morgan fingerprint density at radius 2 is 1.86 bits per heavy atom. The topological polar surface area (TPSA) is 73.0 Å². The van der Waals surface area contributed by atoms with Crippen LogP contribution in [0.3, 0.4) is 0 Å². The highest BCUT2D eigenvalue weighted by Gasteiger charge is 2.38. The van der Waals surface area contributed by atoms with Crippen molar-refractivity contribution < 1.29 is 21.6 Å². The summed E-state index contributed by atoms with van der Waals surface area (Å²) < 4.78 is 66.3. The smallest absolute Gasteiger partial charge is 0.275 e. The molecule has 0 spiro atoms. The highest BCUT2D eigenvalue weighted by Crippen LogP contribution is 2.31. The SMILES string of the molecule is CN(Cc1cn(C)nc1C(F)(F)F)S(=O)(=O)c1cnn(C)c1. The lowest BCUT2D eigenvalue weighted by Gasteiger charge is -2.16. The Morgan fingerprint density at radius 1 is 1.23 bits per heavy atom. The van der Waals surface area contributed by atoms with Crippen LogP contribution in [0.15, 0.2) is 23.5 Å². The van der Waals surface area contributed by atoms with E-state index in [0.29, 0.717) is 0 Å².